The van der Waals surface area contributed by atoms with Crippen LogP contribution in [-0.2, 0) is 0 Å². The predicted molar refractivity (Wildman–Crippen MR) is 129 cm³/mol. The molecule has 168 valence electrons. The van der Waals surface area contributed by atoms with E-state index in [-0.39, 0.29) is 18.3 Å². The Morgan fingerprint density at radius 3 is 2.33 bits per heavy atom. The molecule has 2 rings (SSSR count). The van der Waals surface area contributed by atoms with Gasteiger partial charge in [-0.15, -0.1) is 23.7 Å². The molecule has 0 aliphatic carbocycles. The average Bonchev–Trinajstić information content (AvgIpc) is 3.19. The van der Waals surface area contributed by atoms with Crippen molar-refractivity contribution in [2.24, 2.45) is 0 Å². The van der Waals surface area contributed by atoms with E-state index >= 15 is 0 Å². The highest BCUT2D eigenvalue weighted by Crippen LogP contribution is 2.46. The lowest BCUT2D eigenvalue weighted by molar-refractivity contribution is 0.0955. The van der Waals surface area contributed by atoms with Crippen molar-refractivity contribution in [3.63, 3.8) is 0 Å². The molecule has 0 bridgehead atoms. The minimum Gasteiger partial charge on any atom is -0.491 e. The molecule has 0 saturated carbocycles. The van der Waals surface area contributed by atoms with Gasteiger partial charge in [-0.2, -0.15) is 0 Å². The van der Waals surface area contributed by atoms with Crippen molar-refractivity contribution in [3.8, 4) is 21.9 Å². The van der Waals surface area contributed by atoms with E-state index < -0.39 is 0 Å². The number of nitrogens with zero attached hydrogens (tertiary/aromatic N) is 2. The van der Waals surface area contributed by atoms with Gasteiger partial charge in [-0.25, -0.2) is 0 Å². The van der Waals surface area contributed by atoms with Crippen LogP contribution in [0.4, 0.5) is 5.69 Å². The lowest BCUT2D eigenvalue weighted by atomic mass is 10.1. The van der Waals surface area contributed by atoms with Crippen LogP contribution in [0, 0.1) is 0 Å². The van der Waals surface area contributed by atoms with Crippen LogP contribution in [-0.4, -0.2) is 64.8 Å². The number of rotatable bonds is 11. The Hall–Kier alpha value is -1.96. The molecule has 1 N–H and O–H groups in total. The Labute approximate surface area is 190 Å². The second-order valence-electron chi connectivity index (χ2n) is 6.82. The van der Waals surface area contributed by atoms with Crippen LogP contribution in [0.5, 0.6) is 11.5 Å². The van der Waals surface area contributed by atoms with Crippen molar-refractivity contribution in [1.82, 2.24) is 10.2 Å². The van der Waals surface area contributed by atoms with E-state index in [1.54, 1.807) is 7.11 Å². The lowest BCUT2D eigenvalue weighted by Gasteiger charge is -2.25. The lowest BCUT2D eigenvalue weighted by Crippen LogP contribution is -2.30. The van der Waals surface area contributed by atoms with Gasteiger partial charge in [-0.1, -0.05) is 0 Å². The first kappa shape index (κ1) is 26.1. The second kappa shape index (κ2) is 12.7. The van der Waals surface area contributed by atoms with Gasteiger partial charge in [-0.3, -0.25) is 4.79 Å². The maximum absolute atomic E-state index is 12.4. The number of carbonyl (C=O) groups is 1. The number of hydrogen-bond acceptors (Lipinski definition) is 6. The number of likely N-dealkylation sites (N-methyl/N-ethyl adjacent to an activating group) is 1. The molecule has 30 heavy (non-hydrogen) atoms. The Morgan fingerprint density at radius 2 is 1.77 bits per heavy atom. The van der Waals surface area contributed by atoms with Crippen molar-refractivity contribution in [1.29, 1.82) is 0 Å². The summed E-state index contributed by atoms with van der Waals surface area (Å²) in [6, 6.07) is 7.96. The van der Waals surface area contributed by atoms with Gasteiger partial charge in [0.2, 0.25) is 0 Å². The maximum atomic E-state index is 12.4. The number of carbonyl (C=O) groups excluding carboxylic acids is 1. The van der Waals surface area contributed by atoms with E-state index in [4.69, 9.17) is 9.47 Å². The number of halogens is 1. The number of hydrogen-bond donors (Lipinski definition) is 1. The van der Waals surface area contributed by atoms with E-state index in [2.05, 4.69) is 36.2 Å². The third-order valence-electron chi connectivity index (χ3n) is 4.63. The minimum atomic E-state index is -0.0483. The van der Waals surface area contributed by atoms with Crippen LogP contribution < -0.4 is 19.7 Å². The summed E-state index contributed by atoms with van der Waals surface area (Å²) in [6.45, 7) is 9.94. The van der Waals surface area contributed by atoms with Crippen molar-refractivity contribution in [2.45, 2.75) is 20.8 Å². The number of thiophene rings is 1. The summed E-state index contributed by atoms with van der Waals surface area (Å²) in [5.41, 5.74) is 1.96. The SMILES string of the molecule is CCOc1c(-c2ccc(C(=O)NCCN(C)C)s2)ccc(N(CC)CC)c1OC.Cl. The molecule has 8 heteroatoms. The molecule has 0 aliphatic rings. The van der Waals surface area contributed by atoms with Gasteiger partial charge < -0.3 is 24.6 Å². The highest BCUT2D eigenvalue weighted by molar-refractivity contribution is 7.17. The smallest absolute Gasteiger partial charge is 0.261 e. The van der Waals surface area contributed by atoms with Gasteiger partial charge in [0, 0.05) is 36.6 Å². The topological polar surface area (TPSA) is 54.0 Å². The van der Waals surface area contributed by atoms with Gasteiger partial charge in [-0.05, 0) is 59.1 Å². The normalized spacial score (nSPS) is 10.5. The third-order valence-corrected chi connectivity index (χ3v) is 5.75. The van der Waals surface area contributed by atoms with Crippen molar-refractivity contribution in [3.05, 3.63) is 29.1 Å². The molecule has 0 fully saturated rings. The summed E-state index contributed by atoms with van der Waals surface area (Å²) < 4.78 is 11.8. The molecule has 1 aromatic heterocycles. The monoisotopic (exact) mass is 455 g/mol. The van der Waals surface area contributed by atoms with Crippen LogP contribution in [0.25, 0.3) is 10.4 Å². The molecule has 0 unspecified atom stereocenters. The first-order chi connectivity index (χ1) is 14.0. The van der Waals surface area contributed by atoms with Crippen LogP contribution >= 0.6 is 23.7 Å². The number of nitrogens with one attached hydrogen (secondary N) is 1. The van der Waals surface area contributed by atoms with Gasteiger partial charge in [0.15, 0.2) is 11.5 Å². The molecule has 0 atom stereocenters. The van der Waals surface area contributed by atoms with Crippen LogP contribution in [0.3, 0.4) is 0 Å². The van der Waals surface area contributed by atoms with E-state index in [0.717, 1.165) is 47.3 Å². The molecule has 0 aliphatic heterocycles. The Kier molecular flexibility index (Phi) is 11.0. The maximum Gasteiger partial charge on any atom is 0.261 e. The fourth-order valence-electron chi connectivity index (χ4n) is 3.13. The number of anilines is 1. The molecule has 2 aromatic rings. The average molecular weight is 456 g/mol. The Balaban J connectivity index is 0.00000450. The predicted octanol–water partition coefficient (Wildman–Crippen LogP) is 4.38. The molecule has 1 aromatic carbocycles. The highest BCUT2D eigenvalue weighted by atomic mass is 35.5. The zero-order chi connectivity index (χ0) is 21.4. The molecule has 6 nitrogen and oxygen atoms in total. The molecular formula is C22H34ClN3O3S. The van der Waals surface area contributed by atoms with Crippen molar-refractivity contribution >= 4 is 35.3 Å². The van der Waals surface area contributed by atoms with Crippen LogP contribution in [0.2, 0.25) is 0 Å². The van der Waals surface area contributed by atoms with E-state index in [0.29, 0.717) is 18.0 Å². The fourth-order valence-corrected chi connectivity index (χ4v) is 4.07. The zero-order valence-electron chi connectivity index (χ0n) is 18.8. The van der Waals surface area contributed by atoms with Crippen molar-refractivity contribution in [2.75, 3.05) is 58.9 Å². The molecule has 0 saturated heterocycles. The standard InChI is InChI=1S/C22H33N3O3S.ClH/c1-7-25(8-2)17-11-10-16(20(28-9-3)21(17)27-6)18-12-13-19(29-18)22(26)23-14-15-24(4)5;/h10-13H,7-9,14-15H2,1-6H3,(H,23,26);1H. The molecule has 0 radical (unpaired) electrons. The number of amides is 1. The van der Waals surface area contributed by atoms with Crippen LogP contribution in [0.1, 0.15) is 30.4 Å². The largest absolute Gasteiger partial charge is 0.491 e. The molecule has 1 amide bonds. The summed E-state index contributed by atoms with van der Waals surface area (Å²) in [4.78, 5) is 18.4. The van der Waals surface area contributed by atoms with E-state index in [1.165, 1.54) is 11.3 Å². The first-order valence-corrected chi connectivity index (χ1v) is 10.9. The number of methoxy groups -OCH3 is 1. The van der Waals surface area contributed by atoms with E-state index in [1.807, 2.05) is 38.1 Å². The van der Waals surface area contributed by atoms with Gasteiger partial charge in [0.25, 0.3) is 5.91 Å². The zero-order valence-corrected chi connectivity index (χ0v) is 20.4. The Morgan fingerprint density at radius 1 is 1.07 bits per heavy atom. The van der Waals surface area contributed by atoms with Gasteiger partial charge in [0.05, 0.1) is 24.3 Å². The highest BCUT2D eigenvalue weighted by Gasteiger charge is 2.21. The second-order valence-corrected chi connectivity index (χ2v) is 7.91. The molecule has 1 heterocycles. The Bertz CT molecular complexity index is 807. The molecule has 0 spiro atoms. The first-order valence-electron chi connectivity index (χ1n) is 10.1. The summed E-state index contributed by atoms with van der Waals surface area (Å²) in [5, 5.41) is 2.96. The summed E-state index contributed by atoms with van der Waals surface area (Å²) in [5.74, 6) is 1.41. The summed E-state index contributed by atoms with van der Waals surface area (Å²) in [6.07, 6.45) is 0. The number of benzene rings is 1. The summed E-state index contributed by atoms with van der Waals surface area (Å²) >= 11 is 1.46. The number of ether oxygens (including phenoxy) is 2. The van der Waals surface area contributed by atoms with E-state index in [9.17, 15) is 4.79 Å². The minimum absolute atomic E-state index is 0. The van der Waals surface area contributed by atoms with Crippen LogP contribution in [0.15, 0.2) is 24.3 Å². The van der Waals surface area contributed by atoms with Crippen molar-refractivity contribution < 1.29 is 14.3 Å². The summed E-state index contributed by atoms with van der Waals surface area (Å²) in [7, 11) is 5.65. The quantitative estimate of drug-likeness (QED) is 0.544. The fraction of sp³-hybridized carbons (Fsp3) is 0.500. The van der Waals surface area contributed by atoms with Gasteiger partial charge >= 0.3 is 0 Å². The molecular weight excluding hydrogens is 422 g/mol. The third kappa shape index (κ3) is 6.27. The van der Waals surface area contributed by atoms with Gasteiger partial charge in [0.1, 0.15) is 0 Å².